The van der Waals surface area contributed by atoms with Gasteiger partial charge in [-0.3, -0.25) is 0 Å². The maximum Gasteiger partial charge on any atom is 0.200 e. The SMILES string of the molecule is C/C=C/C[B-](c1c(F)c(F)c(F)c(F)c1F)(c1c(F)c(F)c(F)c(F)c1F)c1c(F)c(F)c(F)c(F)c1F. The molecule has 0 N–H and O–H groups in total. The summed E-state index contributed by atoms with van der Waals surface area (Å²) < 4.78 is 217. The van der Waals surface area contributed by atoms with Crippen molar-refractivity contribution in [2.45, 2.75) is 13.2 Å². The predicted octanol–water partition coefficient (Wildman–Crippen LogP) is 5.82. The van der Waals surface area contributed by atoms with Crippen molar-refractivity contribution in [3.05, 3.63) is 99.4 Å². The highest BCUT2D eigenvalue weighted by molar-refractivity contribution is 7.12. The molecule has 0 nitrogen and oxygen atoms in total. The fourth-order valence-electron chi connectivity index (χ4n) is 4.29. The summed E-state index contributed by atoms with van der Waals surface area (Å²) in [7, 11) is 0. The van der Waals surface area contributed by atoms with Gasteiger partial charge in [0.1, 0.15) is 41.0 Å². The van der Waals surface area contributed by atoms with Gasteiger partial charge >= 0.3 is 0 Å². The van der Waals surface area contributed by atoms with E-state index in [1.165, 1.54) is 0 Å². The van der Waals surface area contributed by atoms with Gasteiger partial charge in [0.25, 0.3) is 0 Å². The molecule has 3 rings (SSSR count). The molecule has 0 aliphatic heterocycles. The van der Waals surface area contributed by atoms with Crippen molar-refractivity contribution in [2.75, 3.05) is 0 Å². The van der Waals surface area contributed by atoms with Crippen LogP contribution in [0.3, 0.4) is 0 Å². The van der Waals surface area contributed by atoms with E-state index in [2.05, 4.69) is 0 Å². The number of halogens is 15. The molecule has 0 bridgehead atoms. The average molecular weight is 567 g/mol. The Morgan fingerprint density at radius 1 is 0.368 bits per heavy atom. The fraction of sp³-hybridized carbons (Fsp3) is 0.0909. The molecular formula is C22H7BF15-. The molecule has 0 aliphatic rings. The van der Waals surface area contributed by atoms with Crippen LogP contribution in [0.15, 0.2) is 12.2 Å². The molecule has 0 heterocycles. The third kappa shape index (κ3) is 3.83. The molecular weight excluding hydrogens is 560 g/mol. The van der Waals surface area contributed by atoms with E-state index in [0.29, 0.717) is 6.08 Å². The lowest BCUT2D eigenvalue weighted by Crippen LogP contribution is -2.73. The highest BCUT2D eigenvalue weighted by Gasteiger charge is 2.47. The lowest BCUT2D eigenvalue weighted by atomic mass is 9.13. The molecule has 0 aliphatic carbocycles. The highest BCUT2D eigenvalue weighted by atomic mass is 19.2. The second kappa shape index (κ2) is 9.95. The van der Waals surface area contributed by atoms with Crippen LogP contribution in [0.2, 0.25) is 6.32 Å². The van der Waals surface area contributed by atoms with Crippen LogP contribution in [0.5, 0.6) is 0 Å². The number of hydrogen-bond acceptors (Lipinski definition) is 0. The first-order valence-corrected chi connectivity index (χ1v) is 9.93. The molecule has 0 aromatic heterocycles. The molecule has 204 valence electrons. The van der Waals surface area contributed by atoms with Gasteiger partial charge in [-0.25, -0.2) is 65.9 Å². The van der Waals surface area contributed by atoms with Crippen LogP contribution in [-0.4, -0.2) is 6.15 Å². The summed E-state index contributed by atoms with van der Waals surface area (Å²) in [5.41, 5.74) is -7.86. The van der Waals surface area contributed by atoms with Crippen LogP contribution < -0.4 is 16.4 Å². The average Bonchev–Trinajstić information content (AvgIpc) is 2.89. The van der Waals surface area contributed by atoms with Crippen LogP contribution >= 0.6 is 0 Å². The third-order valence-electron chi connectivity index (χ3n) is 5.94. The Morgan fingerprint density at radius 3 is 0.737 bits per heavy atom. The van der Waals surface area contributed by atoms with E-state index in [0.717, 1.165) is 13.0 Å². The monoisotopic (exact) mass is 567 g/mol. The van der Waals surface area contributed by atoms with E-state index in [1.54, 1.807) is 0 Å². The maximum atomic E-state index is 15.0. The van der Waals surface area contributed by atoms with Crippen molar-refractivity contribution in [2.24, 2.45) is 0 Å². The summed E-state index contributed by atoms with van der Waals surface area (Å²) in [5.74, 6) is -45.1. The quantitative estimate of drug-likeness (QED) is 0.120. The molecule has 0 atom stereocenters. The first kappa shape index (κ1) is 29.0. The van der Waals surface area contributed by atoms with Crippen molar-refractivity contribution in [3.8, 4) is 0 Å². The summed E-state index contributed by atoms with van der Waals surface area (Å²) in [6.07, 6.45) is -6.11. The molecule has 0 spiro atoms. The van der Waals surface area contributed by atoms with Crippen LogP contribution in [0, 0.1) is 87.3 Å². The number of rotatable bonds is 5. The van der Waals surface area contributed by atoms with Crippen LogP contribution in [0.4, 0.5) is 65.9 Å². The van der Waals surface area contributed by atoms with Gasteiger partial charge in [0, 0.05) is 0 Å². The molecule has 0 unspecified atom stereocenters. The van der Waals surface area contributed by atoms with Crippen molar-refractivity contribution < 1.29 is 65.9 Å². The minimum atomic E-state index is -5.50. The van der Waals surface area contributed by atoms with Crippen LogP contribution in [0.1, 0.15) is 6.92 Å². The lowest BCUT2D eigenvalue weighted by Gasteiger charge is -2.43. The summed E-state index contributed by atoms with van der Waals surface area (Å²) >= 11 is 0. The molecule has 0 fully saturated rings. The Labute approximate surface area is 201 Å². The molecule has 3 aromatic rings. The Bertz CT molecular complexity index is 1260. The second-order valence-corrected chi connectivity index (χ2v) is 7.80. The molecule has 0 radical (unpaired) electrons. The smallest absolute Gasteiger partial charge is 0.200 e. The Balaban J connectivity index is 2.89. The number of hydrogen-bond donors (Lipinski definition) is 0. The van der Waals surface area contributed by atoms with Crippen molar-refractivity contribution >= 4 is 22.5 Å². The van der Waals surface area contributed by atoms with Crippen LogP contribution in [-0.2, 0) is 0 Å². The summed E-state index contributed by atoms with van der Waals surface area (Å²) in [6.45, 7) is 0.996. The van der Waals surface area contributed by atoms with Gasteiger partial charge in [-0.1, -0.05) is 6.08 Å². The molecule has 38 heavy (non-hydrogen) atoms. The zero-order valence-corrected chi connectivity index (χ0v) is 18.1. The largest absolute Gasteiger partial charge is 0.207 e. The molecule has 0 saturated heterocycles. The number of allylic oxidation sites excluding steroid dienone is 2. The minimum absolute atomic E-state index is 0.439. The molecule has 0 saturated carbocycles. The summed E-state index contributed by atoms with van der Waals surface area (Å²) in [4.78, 5) is 0. The molecule has 16 heteroatoms. The van der Waals surface area contributed by atoms with Gasteiger partial charge in [0.05, 0.1) is 0 Å². The summed E-state index contributed by atoms with van der Waals surface area (Å²) in [6, 6.07) is 0. The van der Waals surface area contributed by atoms with E-state index in [-0.39, 0.29) is 0 Å². The number of benzene rings is 3. The van der Waals surface area contributed by atoms with Crippen molar-refractivity contribution in [1.82, 2.24) is 0 Å². The Kier molecular flexibility index (Phi) is 7.58. The summed E-state index contributed by atoms with van der Waals surface area (Å²) in [5, 5.41) is 0. The maximum absolute atomic E-state index is 15.0. The van der Waals surface area contributed by atoms with E-state index in [4.69, 9.17) is 0 Å². The zero-order chi connectivity index (χ0) is 29.0. The molecule has 0 amide bonds. The van der Waals surface area contributed by atoms with E-state index < -0.39 is 116 Å². The minimum Gasteiger partial charge on any atom is -0.207 e. The molecule has 3 aromatic carbocycles. The van der Waals surface area contributed by atoms with Crippen molar-refractivity contribution in [1.29, 1.82) is 0 Å². The van der Waals surface area contributed by atoms with E-state index in [1.807, 2.05) is 0 Å². The zero-order valence-electron chi connectivity index (χ0n) is 18.1. The van der Waals surface area contributed by atoms with Gasteiger partial charge in [0.2, 0.25) is 0 Å². The van der Waals surface area contributed by atoms with Gasteiger partial charge in [-0.05, 0) is 6.92 Å². The predicted molar refractivity (Wildman–Crippen MR) is 103 cm³/mol. The van der Waals surface area contributed by atoms with E-state index >= 15 is 26.3 Å². The van der Waals surface area contributed by atoms with Crippen molar-refractivity contribution in [3.63, 3.8) is 0 Å². The van der Waals surface area contributed by atoms with Gasteiger partial charge in [-0.15, -0.1) is 28.8 Å². The van der Waals surface area contributed by atoms with Gasteiger partial charge in [0.15, 0.2) is 52.4 Å². The standard InChI is InChI=1S/C22H7BF15/c1-2-3-4-23(5-8(24)14(30)20(36)15(31)9(5)25,6-10(26)16(32)21(37)17(33)11(6)27)7-12(28)18(34)22(38)19(35)13(7)29/h2-3H,4H2,1H3/q-1/b3-2+. The lowest BCUT2D eigenvalue weighted by molar-refractivity contribution is 0.379. The highest BCUT2D eigenvalue weighted by Crippen LogP contribution is 2.30. The first-order valence-electron chi connectivity index (χ1n) is 9.93. The first-order chi connectivity index (χ1) is 17.6. The van der Waals surface area contributed by atoms with E-state index in [9.17, 15) is 39.5 Å². The normalized spacial score (nSPS) is 12.2. The fourth-order valence-corrected chi connectivity index (χ4v) is 4.29. The van der Waals surface area contributed by atoms with Gasteiger partial charge < -0.3 is 0 Å². The topological polar surface area (TPSA) is 0 Å². The Hall–Kier alpha value is -3.59. The van der Waals surface area contributed by atoms with Crippen LogP contribution in [0.25, 0.3) is 0 Å². The van der Waals surface area contributed by atoms with Gasteiger partial charge in [-0.2, -0.15) is 0 Å². The second-order valence-electron chi connectivity index (χ2n) is 7.80. The third-order valence-corrected chi connectivity index (χ3v) is 5.94. The Morgan fingerprint density at radius 2 is 0.553 bits per heavy atom.